The highest BCUT2D eigenvalue weighted by Gasteiger charge is 2.59. The lowest BCUT2D eigenvalue weighted by atomic mass is 9.76. The third-order valence-electron chi connectivity index (χ3n) is 4.38. The molecular weight excluding hydrogens is 371 g/mol. The van der Waals surface area contributed by atoms with Crippen molar-refractivity contribution in [2.75, 3.05) is 0 Å². The monoisotopic (exact) mass is 384 g/mol. The van der Waals surface area contributed by atoms with Crippen molar-refractivity contribution in [3.8, 4) is 0 Å². The maximum atomic E-state index is 12.5. The van der Waals surface area contributed by atoms with E-state index in [-0.39, 0.29) is 10.6 Å². The van der Waals surface area contributed by atoms with Crippen LogP contribution in [-0.2, 0) is 14.3 Å². The second-order valence-electron chi connectivity index (χ2n) is 6.03. The van der Waals surface area contributed by atoms with E-state index in [1.807, 2.05) is 0 Å². The summed E-state index contributed by atoms with van der Waals surface area (Å²) >= 11 is 11.7. The zero-order valence-corrected chi connectivity index (χ0v) is 14.5. The van der Waals surface area contributed by atoms with Gasteiger partial charge in [0.15, 0.2) is 0 Å². The number of halogens is 2. The van der Waals surface area contributed by atoms with Crippen LogP contribution in [-0.4, -0.2) is 34.6 Å². The summed E-state index contributed by atoms with van der Waals surface area (Å²) in [5, 5.41) is 9.87. The molecular formula is C16H14Cl2N2O5. The van der Waals surface area contributed by atoms with Crippen molar-refractivity contribution in [1.82, 2.24) is 10.9 Å². The lowest BCUT2D eigenvalue weighted by Crippen LogP contribution is -2.52. The molecule has 2 bridgehead atoms. The molecule has 1 aromatic carbocycles. The van der Waals surface area contributed by atoms with Crippen LogP contribution in [0, 0.1) is 11.8 Å². The SMILES string of the molecule is C[C@@]12C=C[C@@H](O1)[C@H](C(=O)O)[C@H]2C(=O)NNC(=O)c1ccc(Cl)cc1Cl. The van der Waals surface area contributed by atoms with Gasteiger partial charge in [-0.05, 0) is 25.1 Å². The van der Waals surface area contributed by atoms with Gasteiger partial charge >= 0.3 is 5.97 Å². The molecule has 3 N–H and O–H groups in total. The Labute approximate surface area is 152 Å². The summed E-state index contributed by atoms with van der Waals surface area (Å²) in [5.41, 5.74) is 3.58. The van der Waals surface area contributed by atoms with E-state index >= 15 is 0 Å². The lowest BCUT2D eigenvalue weighted by molar-refractivity contribution is -0.147. The van der Waals surface area contributed by atoms with Gasteiger partial charge in [0.25, 0.3) is 5.91 Å². The average Bonchev–Trinajstić information content (AvgIpc) is 3.05. The predicted octanol–water partition coefficient (Wildman–Crippen LogP) is 1.80. The topological polar surface area (TPSA) is 105 Å². The van der Waals surface area contributed by atoms with Crippen molar-refractivity contribution in [2.24, 2.45) is 11.8 Å². The second-order valence-corrected chi connectivity index (χ2v) is 6.88. The van der Waals surface area contributed by atoms with Crippen LogP contribution in [0.2, 0.25) is 10.0 Å². The number of hydrogen-bond donors (Lipinski definition) is 3. The standard InChI is InChI=1S/C16H14Cl2N2O5/c1-16-5-4-10(25-16)11(15(23)24)12(16)14(22)20-19-13(21)8-3-2-7(17)6-9(8)18/h2-6,10-12H,1H3,(H,19,21)(H,20,22)(H,23,24)/t10-,11+,12+,16+/m1/s1. The summed E-state index contributed by atoms with van der Waals surface area (Å²) in [4.78, 5) is 36.1. The quantitative estimate of drug-likeness (QED) is 0.544. The minimum atomic E-state index is -1.13. The van der Waals surface area contributed by atoms with Gasteiger partial charge in [-0.3, -0.25) is 25.2 Å². The smallest absolute Gasteiger partial charge is 0.310 e. The highest BCUT2D eigenvalue weighted by Crippen LogP contribution is 2.46. The first-order valence-corrected chi connectivity index (χ1v) is 8.14. The van der Waals surface area contributed by atoms with E-state index in [0.29, 0.717) is 5.02 Å². The predicted molar refractivity (Wildman–Crippen MR) is 89.1 cm³/mol. The van der Waals surface area contributed by atoms with Gasteiger partial charge in [0.2, 0.25) is 5.91 Å². The molecule has 2 aliphatic rings. The molecule has 0 unspecified atom stereocenters. The largest absolute Gasteiger partial charge is 0.481 e. The van der Waals surface area contributed by atoms with Gasteiger partial charge < -0.3 is 9.84 Å². The Hall–Kier alpha value is -2.09. The molecule has 2 aliphatic heterocycles. The van der Waals surface area contributed by atoms with Crippen molar-refractivity contribution in [2.45, 2.75) is 18.6 Å². The van der Waals surface area contributed by atoms with E-state index < -0.39 is 41.3 Å². The first kappa shape index (κ1) is 17.7. The van der Waals surface area contributed by atoms with Gasteiger partial charge in [-0.15, -0.1) is 0 Å². The summed E-state index contributed by atoms with van der Waals surface area (Å²) in [7, 11) is 0. The minimum Gasteiger partial charge on any atom is -0.481 e. The van der Waals surface area contributed by atoms with Crippen molar-refractivity contribution in [3.63, 3.8) is 0 Å². The normalized spacial score (nSPS) is 29.5. The molecule has 25 heavy (non-hydrogen) atoms. The Morgan fingerprint density at radius 3 is 2.60 bits per heavy atom. The maximum absolute atomic E-state index is 12.5. The number of carboxylic acid groups (broad SMARTS) is 1. The summed E-state index contributed by atoms with van der Waals surface area (Å²) in [6.07, 6.45) is 2.63. The second kappa shape index (κ2) is 6.33. The summed E-state index contributed by atoms with van der Waals surface area (Å²) in [6.45, 7) is 1.63. The van der Waals surface area contributed by atoms with Gasteiger partial charge in [-0.1, -0.05) is 35.4 Å². The number of carbonyl (C=O) groups excluding carboxylic acids is 2. The molecule has 2 amide bonds. The lowest BCUT2D eigenvalue weighted by Gasteiger charge is -2.27. The van der Waals surface area contributed by atoms with Crippen LogP contribution in [0.3, 0.4) is 0 Å². The fourth-order valence-corrected chi connectivity index (χ4v) is 3.71. The number of benzene rings is 1. The van der Waals surface area contributed by atoms with Gasteiger partial charge in [-0.25, -0.2) is 0 Å². The van der Waals surface area contributed by atoms with Crippen LogP contribution in [0.25, 0.3) is 0 Å². The number of amides is 2. The molecule has 1 saturated heterocycles. The zero-order valence-electron chi connectivity index (χ0n) is 13.0. The van der Waals surface area contributed by atoms with Crippen molar-refractivity contribution < 1.29 is 24.2 Å². The van der Waals surface area contributed by atoms with Crippen LogP contribution >= 0.6 is 23.2 Å². The minimum absolute atomic E-state index is 0.122. The van der Waals surface area contributed by atoms with Crippen LogP contribution in [0.4, 0.5) is 0 Å². The highest BCUT2D eigenvalue weighted by atomic mass is 35.5. The summed E-state index contributed by atoms with van der Waals surface area (Å²) < 4.78 is 5.59. The molecule has 9 heteroatoms. The molecule has 2 heterocycles. The number of hydrazine groups is 1. The van der Waals surface area contributed by atoms with E-state index in [9.17, 15) is 19.5 Å². The molecule has 0 aromatic heterocycles. The number of aliphatic carboxylic acids is 1. The number of hydrogen-bond acceptors (Lipinski definition) is 4. The van der Waals surface area contributed by atoms with Crippen LogP contribution in [0.1, 0.15) is 17.3 Å². The third kappa shape index (κ3) is 3.10. The number of nitrogens with one attached hydrogen (secondary N) is 2. The Morgan fingerprint density at radius 1 is 1.24 bits per heavy atom. The molecule has 4 atom stereocenters. The third-order valence-corrected chi connectivity index (χ3v) is 4.93. The Kier molecular flexibility index (Phi) is 4.49. The molecule has 0 radical (unpaired) electrons. The number of rotatable bonds is 3. The van der Waals surface area contributed by atoms with E-state index in [4.69, 9.17) is 27.9 Å². The Balaban J connectivity index is 1.71. The summed E-state index contributed by atoms with van der Waals surface area (Å²) in [6, 6.07) is 4.30. The van der Waals surface area contributed by atoms with E-state index in [2.05, 4.69) is 10.9 Å². The maximum Gasteiger partial charge on any atom is 0.310 e. The van der Waals surface area contributed by atoms with E-state index in [1.165, 1.54) is 18.2 Å². The molecule has 3 rings (SSSR count). The van der Waals surface area contributed by atoms with Crippen LogP contribution in [0.15, 0.2) is 30.4 Å². The average molecular weight is 385 g/mol. The molecule has 132 valence electrons. The molecule has 7 nitrogen and oxygen atoms in total. The van der Waals surface area contributed by atoms with Gasteiger partial charge in [0.05, 0.1) is 28.2 Å². The van der Waals surface area contributed by atoms with Gasteiger partial charge in [0.1, 0.15) is 5.92 Å². The van der Waals surface area contributed by atoms with Crippen molar-refractivity contribution in [1.29, 1.82) is 0 Å². The summed E-state index contributed by atoms with van der Waals surface area (Å²) in [5.74, 6) is -4.43. The van der Waals surface area contributed by atoms with E-state index in [0.717, 1.165) is 0 Å². The van der Waals surface area contributed by atoms with Crippen molar-refractivity contribution >= 4 is 41.0 Å². The zero-order chi connectivity index (χ0) is 18.4. The first-order chi connectivity index (χ1) is 11.7. The van der Waals surface area contributed by atoms with Crippen molar-refractivity contribution in [3.05, 3.63) is 46.0 Å². The Morgan fingerprint density at radius 2 is 1.96 bits per heavy atom. The number of ether oxygens (including phenoxy) is 1. The first-order valence-electron chi connectivity index (χ1n) is 7.38. The molecule has 0 spiro atoms. The van der Waals surface area contributed by atoms with E-state index in [1.54, 1.807) is 19.1 Å². The number of carbonyl (C=O) groups is 3. The number of carboxylic acids is 1. The molecule has 1 aromatic rings. The highest BCUT2D eigenvalue weighted by molar-refractivity contribution is 6.36. The Bertz CT molecular complexity index is 797. The fraction of sp³-hybridized carbons (Fsp3) is 0.312. The van der Waals surface area contributed by atoms with Gasteiger partial charge in [0, 0.05) is 5.02 Å². The van der Waals surface area contributed by atoms with Crippen LogP contribution in [0.5, 0.6) is 0 Å². The molecule has 0 saturated carbocycles. The molecule has 0 aliphatic carbocycles. The van der Waals surface area contributed by atoms with Gasteiger partial charge in [-0.2, -0.15) is 0 Å². The molecule has 1 fully saturated rings. The number of fused-ring (bicyclic) bond motifs is 2. The van der Waals surface area contributed by atoms with Crippen LogP contribution < -0.4 is 10.9 Å². The fourth-order valence-electron chi connectivity index (χ4n) is 3.22.